The second-order valence-corrected chi connectivity index (χ2v) is 25.9. The minimum Gasteiger partial charge on any atom is -0.351 e. The normalized spacial score (nSPS) is 25.0. The van der Waals surface area contributed by atoms with Crippen LogP contribution in [0.2, 0.25) is 0 Å². The summed E-state index contributed by atoms with van der Waals surface area (Å²) in [6, 6.07) is 7.97. The number of nitrogens with zero attached hydrogens (tertiary/aromatic N) is 12. The van der Waals surface area contributed by atoms with Crippen LogP contribution in [0, 0.1) is 0 Å². The quantitative estimate of drug-likeness (QED) is 0.0848. The minimum absolute atomic E-state index is 0.0199. The minimum atomic E-state index is -0.478. The van der Waals surface area contributed by atoms with Crippen LogP contribution >= 0.6 is 0 Å². The predicted octanol–water partition coefficient (Wildman–Crippen LogP) is 8.88. The zero-order valence-electron chi connectivity index (χ0n) is 45.4. The highest BCUT2D eigenvalue weighted by Crippen LogP contribution is 2.42. The second kappa shape index (κ2) is 18.3. The van der Waals surface area contributed by atoms with Gasteiger partial charge in [-0.2, -0.15) is 50.2 Å². The lowest BCUT2D eigenvalue weighted by Crippen LogP contribution is -2.61. The Balaban J connectivity index is 1.18. The Labute approximate surface area is 416 Å². The average Bonchev–Trinajstić information content (AvgIpc) is 3.21. The number of hydroxylamine groups is 8. The van der Waals surface area contributed by atoms with Crippen LogP contribution in [0.15, 0.2) is 24.3 Å². The summed E-state index contributed by atoms with van der Waals surface area (Å²) in [5, 5.41) is 64.6. The van der Waals surface area contributed by atoms with Gasteiger partial charge in [-0.15, -0.1) is 0 Å². The van der Waals surface area contributed by atoms with Crippen molar-refractivity contribution >= 4 is 47.1 Å². The van der Waals surface area contributed by atoms with Crippen molar-refractivity contribution in [2.75, 3.05) is 45.2 Å². The molecular formula is C50H86N16O4. The van der Waals surface area contributed by atoms with E-state index in [0.29, 0.717) is 87.1 Å². The van der Waals surface area contributed by atoms with Gasteiger partial charge in [0.05, 0.1) is 0 Å². The molecule has 4 aliphatic rings. The van der Waals surface area contributed by atoms with E-state index in [-0.39, 0.29) is 24.2 Å². The molecule has 0 atom stereocenters. The molecule has 0 radical (unpaired) electrons. The first-order valence-electron chi connectivity index (χ1n) is 25.1. The molecular weight excluding hydrogens is 889 g/mol. The van der Waals surface area contributed by atoms with Crippen LogP contribution in [0.4, 0.5) is 47.1 Å². The molecule has 0 saturated carbocycles. The summed E-state index contributed by atoms with van der Waals surface area (Å²) in [6.45, 7) is 32.7. The van der Waals surface area contributed by atoms with Crippen molar-refractivity contribution in [2.24, 2.45) is 0 Å². The summed E-state index contributed by atoms with van der Waals surface area (Å²) in [5.74, 6) is 2.62. The molecule has 0 unspecified atom stereocenters. The third-order valence-corrected chi connectivity index (χ3v) is 15.4. The molecule has 390 valence electrons. The smallest absolute Gasteiger partial charge is 0.236 e. The van der Waals surface area contributed by atoms with Crippen molar-refractivity contribution in [3.63, 3.8) is 0 Å². The number of aromatic nitrogens is 6. The van der Waals surface area contributed by atoms with Crippen molar-refractivity contribution in [2.45, 2.75) is 231 Å². The van der Waals surface area contributed by atoms with Crippen molar-refractivity contribution in [3.8, 4) is 0 Å². The Bertz CT molecular complexity index is 1980. The molecule has 20 heteroatoms. The van der Waals surface area contributed by atoms with E-state index in [1.807, 2.05) is 159 Å². The molecule has 3 aromatic rings. The van der Waals surface area contributed by atoms with Gasteiger partial charge in [-0.05, 0) is 186 Å². The fraction of sp³-hybridized carbons (Fsp3) is 0.760. The molecule has 0 bridgehead atoms. The maximum absolute atomic E-state index is 11.1. The van der Waals surface area contributed by atoms with Crippen LogP contribution in [-0.2, 0) is 0 Å². The van der Waals surface area contributed by atoms with Crippen LogP contribution in [0.1, 0.15) is 162 Å². The molecule has 70 heavy (non-hydrogen) atoms. The van der Waals surface area contributed by atoms with E-state index in [1.165, 1.54) is 20.3 Å². The van der Waals surface area contributed by atoms with Gasteiger partial charge in [0.2, 0.25) is 35.7 Å². The Morgan fingerprint density at radius 3 is 0.700 bits per heavy atom. The molecule has 4 saturated heterocycles. The van der Waals surface area contributed by atoms with Gasteiger partial charge in [0.15, 0.2) is 0 Å². The van der Waals surface area contributed by atoms with Crippen LogP contribution in [0.3, 0.4) is 0 Å². The number of piperidine rings is 4. The molecule has 8 N–H and O–H groups in total. The van der Waals surface area contributed by atoms with E-state index in [9.17, 15) is 20.8 Å². The van der Waals surface area contributed by atoms with Gasteiger partial charge >= 0.3 is 0 Å². The maximum atomic E-state index is 11.1. The highest BCUT2D eigenvalue weighted by Gasteiger charge is 2.49. The molecule has 2 aromatic heterocycles. The molecule has 0 spiro atoms. The monoisotopic (exact) mass is 975 g/mol. The molecule has 0 amide bonds. The van der Waals surface area contributed by atoms with E-state index in [2.05, 4.69) is 21.3 Å². The fourth-order valence-electron chi connectivity index (χ4n) is 12.6. The summed E-state index contributed by atoms with van der Waals surface area (Å²) < 4.78 is 0. The number of hydrogen-bond acceptors (Lipinski definition) is 20. The van der Waals surface area contributed by atoms with Gasteiger partial charge in [0.25, 0.3) is 0 Å². The molecule has 4 aliphatic heterocycles. The maximum Gasteiger partial charge on any atom is 0.236 e. The molecule has 0 aliphatic carbocycles. The van der Waals surface area contributed by atoms with Crippen molar-refractivity contribution in [1.29, 1.82) is 0 Å². The van der Waals surface area contributed by atoms with E-state index in [1.54, 1.807) is 0 Å². The Morgan fingerprint density at radius 2 is 0.529 bits per heavy atom. The number of nitrogens with one attached hydrogen (secondary N) is 4. The molecule has 20 nitrogen and oxygen atoms in total. The number of anilines is 8. The zero-order valence-corrected chi connectivity index (χ0v) is 45.4. The highest BCUT2D eigenvalue weighted by atomic mass is 16.5. The molecule has 6 heterocycles. The van der Waals surface area contributed by atoms with Gasteiger partial charge in [-0.25, -0.2) is 0 Å². The zero-order chi connectivity index (χ0) is 51.9. The molecule has 1 aromatic carbocycles. The van der Waals surface area contributed by atoms with Crippen LogP contribution < -0.4 is 31.1 Å². The van der Waals surface area contributed by atoms with Gasteiger partial charge < -0.3 is 51.9 Å². The van der Waals surface area contributed by atoms with Crippen molar-refractivity contribution < 1.29 is 20.8 Å². The van der Waals surface area contributed by atoms with Gasteiger partial charge in [0, 0.05) is 93.9 Å². The van der Waals surface area contributed by atoms with Gasteiger partial charge in [0.1, 0.15) is 0 Å². The topological polar surface area (TPSA) is 226 Å². The Morgan fingerprint density at radius 1 is 0.357 bits per heavy atom. The highest BCUT2D eigenvalue weighted by molar-refractivity contribution is 5.65. The first-order chi connectivity index (χ1) is 32.0. The summed E-state index contributed by atoms with van der Waals surface area (Å²) in [4.78, 5) is 33.7. The van der Waals surface area contributed by atoms with E-state index in [0.717, 1.165) is 11.4 Å². The van der Waals surface area contributed by atoms with E-state index in [4.69, 9.17) is 29.9 Å². The summed E-state index contributed by atoms with van der Waals surface area (Å²) >= 11 is 0. The van der Waals surface area contributed by atoms with E-state index >= 15 is 0 Å². The van der Waals surface area contributed by atoms with Crippen molar-refractivity contribution in [3.05, 3.63) is 24.3 Å². The Hall–Kier alpha value is -4.28. The average molecular weight is 975 g/mol. The fourth-order valence-corrected chi connectivity index (χ4v) is 12.6. The number of rotatable bonds is 12. The lowest BCUT2D eigenvalue weighted by molar-refractivity contribution is -0.243. The lowest BCUT2D eigenvalue weighted by atomic mass is 9.79. The summed E-state index contributed by atoms with van der Waals surface area (Å²) in [7, 11) is 3.87. The third-order valence-electron chi connectivity index (χ3n) is 15.4. The van der Waals surface area contributed by atoms with Crippen LogP contribution in [0.5, 0.6) is 0 Å². The summed E-state index contributed by atoms with van der Waals surface area (Å²) in [5.41, 5.74) is -2.14. The predicted molar refractivity (Wildman–Crippen MR) is 276 cm³/mol. The van der Waals surface area contributed by atoms with Crippen LogP contribution in [-0.4, -0.2) is 154 Å². The summed E-state index contributed by atoms with van der Waals surface area (Å²) in [6.07, 6.45) is 5.40. The van der Waals surface area contributed by atoms with Gasteiger partial charge in [-0.3, -0.25) is 0 Å². The largest absolute Gasteiger partial charge is 0.351 e. The molecule has 7 rings (SSSR count). The Kier molecular flexibility index (Phi) is 14.0. The van der Waals surface area contributed by atoms with E-state index < -0.39 is 44.3 Å². The standard InChI is InChI=1S/C50H86N16O4/c1-43(2)23-31(24-44(3,4)63(43)67)51-37-55-38(52-32-25-45(5,6)64(68)46(7,8)26-32)58-41(57-37)61(17)35-19-21-36(22-20-35)62(18)42-59-39(53-33-27-47(9,10)65(69)48(11,12)28-33)56-40(60-42)54-34-29-49(13,14)66(70)50(15,16)30-34/h19-22,31-34,67-70H,23-30H2,1-18H3,(H2,51,52,55,57,58)(H2,53,54,56,59,60). The molecule has 4 fully saturated rings. The van der Waals surface area contributed by atoms with Gasteiger partial charge in [-0.1, -0.05) is 0 Å². The lowest BCUT2D eigenvalue weighted by Gasteiger charge is -2.51. The SMILES string of the molecule is CN(c1ccc(N(C)c2nc(NC3CC(C)(C)N(O)C(C)(C)C3)nc(NC3CC(C)(C)N(O)C(C)(C)C3)n2)cc1)c1nc(NC2CC(C)(C)N(O)C(C)(C)C2)nc(NC2CC(C)(C)N(O)C(C)(C)C2)n1. The number of benzene rings is 1. The van der Waals surface area contributed by atoms with Crippen LogP contribution in [0.25, 0.3) is 0 Å². The first kappa shape index (κ1) is 53.5. The third kappa shape index (κ3) is 11.2. The van der Waals surface area contributed by atoms with Crippen molar-refractivity contribution in [1.82, 2.24) is 50.2 Å². The first-order valence-corrected chi connectivity index (χ1v) is 25.1. The number of hydrogen-bond donors (Lipinski definition) is 8. The second-order valence-electron chi connectivity index (χ2n) is 25.9.